The lowest BCUT2D eigenvalue weighted by Gasteiger charge is -2.33. The van der Waals surface area contributed by atoms with Gasteiger partial charge in [0.1, 0.15) is 5.75 Å². The molecule has 0 saturated carbocycles. The number of hydrogen-bond acceptors (Lipinski definition) is 3. The lowest BCUT2D eigenvalue weighted by molar-refractivity contribution is -0.133. The fourth-order valence-electron chi connectivity index (χ4n) is 2.78. The van der Waals surface area contributed by atoms with Crippen LogP contribution in [0.1, 0.15) is 31.7 Å². The molecule has 2 rings (SSSR count). The summed E-state index contributed by atoms with van der Waals surface area (Å²) in [5.74, 6) is 1.04. The topological polar surface area (TPSA) is 41.6 Å². The molecule has 1 unspecified atom stereocenters. The van der Waals surface area contributed by atoms with Crippen molar-refractivity contribution in [3.05, 3.63) is 29.8 Å². The van der Waals surface area contributed by atoms with E-state index in [4.69, 9.17) is 4.74 Å². The van der Waals surface area contributed by atoms with Crippen LogP contribution in [0.4, 0.5) is 0 Å². The number of amides is 1. The van der Waals surface area contributed by atoms with Crippen LogP contribution in [0.5, 0.6) is 5.75 Å². The van der Waals surface area contributed by atoms with Crippen molar-refractivity contribution in [3.8, 4) is 5.75 Å². The number of aryl methyl sites for hydroxylation is 1. The van der Waals surface area contributed by atoms with E-state index >= 15 is 0 Å². The first-order valence-electron chi connectivity index (χ1n) is 7.89. The summed E-state index contributed by atoms with van der Waals surface area (Å²) in [6.45, 7) is 7.26. The number of nitrogens with zero attached hydrogens (tertiary/aromatic N) is 1. The number of likely N-dealkylation sites (N-methyl/N-ethyl adjacent to an activating group) is 1. The maximum absolute atomic E-state index is 12.2. The van der Waals surface area contributed by atoms with Gasteiger partial charge in [-0.2, -0.15) is 0 Å². The van der Waals surface area contributed by atoms with Crippen LogP contribution in [0.25, 0.3) is 0 Å². The molecule has 0 aromatic heterocycles. The van der Waals surface area contributed by atoms with Crippen LogP contribution in [-0.4, -0.2) is 43.1 Å². The van der Waals surface area contributed by atoms with E-state index < -0.39 is 0 Å². The van der Waals surface area contributed by atoms with Crippen LogP contribution >= 0.6 is 0 Å². The summed E-state index contributed by atoms with van der Waals surface area (Å²) in [5.41, 5.74) is 1.17. The largest absolute Gasteiger partial charge is 0.493 e. The number of nitrogens with one attached hydrogen (secondary N) is 1. The summed E-state index contributed by atoms with van der Waals surface area (Å²) in [7, 11) is 0. The van der Waals surface area contributed by atoms with Crippen LogP contribution in [0, 0.1) is 6.92 Å². The molecule has 1 aliphatic heterocycles. The molecule has 0 spiro atoms. The van der Waals surface area contributed by atoms with Crippen molar-refractivity contribution in [2.24, 2.45) is 0 Å². The van der Waals surface area contributed by atoms with E-state index in [-0.39, 0.29) is 5.91 Å². The fourth-order valence-corrected chi connectivity index (χ4v) is 2.78. The maximum atomic E-state index is 12.2. The third-order valence-corrected chi connectivity index (χ3v) is 3.84. The smallest absolute Gasteiger partial charge is 0.226 e. The van der Waals surface area contributed by atoms with Gasteiger partial charge >= 0.3 is 0 Å². The lowest BCUT2D eigenvalue weighted by atomic mass is 10.1. The maximum Gasteiger partial charge on any atom is 0.226 e. The normalized spacial score (nSPS) is 18.6. The molecule has 116 valence electrons. The number of hydrogen-bond donors (Lipinski definition) is 1. The molecule has 4 nitrogen and oxygen atoms in total. The average molecular weight is 290 g/mol. The van der Waals surface area contributed by atoms with Gasteiger partial charge in [-0.05, 0) is 44.0 Å². The molecule has 1 heterocycles. The van der Waals surface area contributed by atoms with E-state index in [0.717, 1.165) is 38.2 Å². The van der Waals surface area contributed by atoms with Gasteiger partial charge in [-0.15, -0.1) is 0 Å². The number of ether oxygens (including phenoxy) is 1. The van der Waals surface area contributed by atoms with E-state index in [1.54, 1.807) is 0 Å². The number of carbonyl (C=O) groups is 1. The summed E-state index contributed by atoms with van der Waals surface area (Å²) < 4.78 is 5.66. The Morgan fingerprint density at radius 1 is 1.48 bits per heavy atom. The van der Waals surface area contributed by atoms with Crippen molar-refractivity contribution < 1.29 is 9.53 Å². The van der Waals surface area contributed by atoms with Crippen molar-refractivity contribution in [2.75, 3.05) is 26.2 Å². The third-order valence-electron chi connectivity index (χ3n) is 3.84. The Morgan fingerprint density at radius 2 is 2.33 bits per heavy atom. The zero-order valence-electron chi connectivity index (χ0n) is 13.1. The molecule has 1 atom stereocenters. The van der Waals surface area contributed by atoms with Crippen LogP contribution < -0.4 is 10.1 Å². The highest BCUT2D eigenvalue weighted by atomic mass is 16.5. The highest BCUT2D eigenvalue weighted by Crippen LogP contribution is 2.14. The van der Waals surface area contributed by atoms with Crippen LogP contribution in [0.2, 0.25) is 0 Å². The van der Waals surface area contributed by atoms with Crippen molar-refractivity contribution in [1.29, 1.82) is 0 Å². The first-order chi connectivity index (χ1) is 10.2. The van der Waals surface area contributed by atoms with Gasteiger partial charge in [0.2, 0.25) is 5.91 Å². The van der Waals surface area contributed by atoms with Crippen LogP contribution in [0.15, 0.2) is 24.3 Å². The Labute approximate surface area is 127 Å². The number of piperidine rings is 1. The molecule has 1 saturated heterocycles. The number of rotatable bonds is 6. The summed E-state index contributed by atoms with van der Waals surface area (Å²) in [6, 6.07) is 8.38. The van der Waals surface area contributed by atoms with Gasteiger partial charge in [-0.3, -0.25) is 4.79 Å². The van der Waals surface area contributed by atoms with Gasteiger partial charge in [0.25, 0.3) is 0 Å². The summed E-state index contributed by atoms with van der Waals surface area (Å²) in [6.07, 6.45) is 2.70. The Balaban J connectivity index is 1.74. The van der Waals surface area contributed by atoms with Crippen LogP contribution in [0.3, 0.4) is 0 Å². The van der Waals surface area contributed by atoms with Gasteiger partial charge in [0, 0.05) is 19.1 Å². The number of likely N-dealkylation sites (tertiary alicyclic amines) is 1. The highest BCUT2D eigenvalue weighted by molar-refractivity contribution is 5.76. The SMILES string of the molecule is CCNC1CCCN(C(=O)CCOc2cccc(C)c2)C1. The molecular formula is C17H26N2O2. The number of benzene rings is 1. The molecule has 21 heavy (non-hydrogen) atoms. The molecule has 1 aromatic rings. The Kier molecular flexibility index (Phi) is 6.05. The van der Waals surface area contributed by atoms with E-state index in [0.29, 0.717) is 19.1 Å². The minimum absolute atomic E-state index is 0.199. The zero-order valence-corrected chi connectivity index (χ0v) is 13.1. The molecule has 0 bridgehead atoms. The first-order valence-corrected chi connectivity index (χ1v) is 7.89. The van der Waals surface area contributed by atoms with Gasteiger partial charge in [0.05, 0.1) is 13.0 Å². The lowest BCUT2D eigenvalue weighted by Crippen LogP contribution is -2.48. The van der Waals surface area contributed by atoms with E-state index in [1.165, 1.54) is 5.56 Å². The van der Waals surface area contributed by atoms with Gasteiger partial charge in [-0.1, -0.05) is 19.1 Å². The second kappa shape index (κ2) is 8.03. The number of carbonyl (C=O) groups excluding carboxylic acids is 1. The van der Waals surface area contributed by atoms with Gasteiger partial charge in [-0.25, -0.2) is 0 Å². The summed E-state index contributed by atoms with van der Waals surface area (Å²) in [5, 5.41) is 3.43. The average Bonchev–Trinajstić information content (AvgIpc) is 2.48. The van der Waals surface area contributed by atoms with E-state index in [1.807, 2.05) is 36.1 Å². The predicted molar refractivity (Wildman–Crippen MR) is 84.6 cm³/mol. The molecule has 1 aromatic carbocycles. The quantitative estimate of drug-likeness (QED) is 0.874. The van der Waals surface area contributed by atoms with Crippen LogP contribution in [-0.2, 0) is 4.79 Å². The molecular weight excluding hydrogens is 264 g/mol. The molecule has 4 heteroatoms. The van der Waals surface area contributed by atoms with E-state index in [2.05, 4.69) is 12.2 Å². The Hall–Kier alpha value is -1.55. The van der Waals surface area contributed by atoms with Gasteiger partial charge < -0.3 is 15.0 Å². The van der Waals surface area contributed by atoms with Crippen molar-refractivity contribution in [2.45, 2.75) is 39.2 Å². The summed E-state index contributed by atoms with van der Waals surface area (Å²) in [4.78, 5) is 14.2. The first kappa shape index (κ1) is 15.8. The Morgan fingerprint density at radius 3 is 3.10 bits per heavy atom. The monoisotopic (exact) mass is 290 g/mol. The summed E-state index contributed by atoms with van der Waals surface area (Å²) >= 11 is 0. The van der Waals surface area contributed by atoms with Gasteiger partial charge in [0.15, 0.2) is 0 Å². The van der Waals surface area contributed by atoms with Crippen molar-refractivity contribution in [3.63, 3.8) is 0 Å². The van der Waals surface area contributed by atoms with E-state index in [9.17, 15) is 4.79 Å². The highest BCUT2D eigenvalue weighted by Gasteiger charge is 2.22. The minimum atomic E-state index is 0.199. The predicted octanol–water partition coefficient (Wildman–Crippen LogP) is 2.36. The second-order valence-corrected chi connectivity index (χ2v) is 5.65. The standard InChI is InChI=1S/C17H26N2O2/c1-3-18-15-7-5-10-19(13-15)17(20)9-11-21-16-8-4-6-14(2)12-16/h4,6,8,12,15,18H,3,5,7,9-11,13H2,1-2H3. The Bertz CT molecular complexity index is 460. The molecule has 1 N–H and O–H groups in total. The third kappa shape index (κ3) is 5.05. The molecule has 1 amide bonds. The molecule has 0 aliphatic carbocycles. The zero-order chi connectivity index (χ0) is 15.1. The minimum Gasteiger partial charge on any atom is -0.493 e. The molecule has 1 aliphatic rings. The molecule has 0 radical (unpaired) electrons. The van der Waals surface area contributed by atoms with Crippen molar-refractivity contribution in [1.82, 2.24) is 10.2 Å². The van der Waals surface area contributed by atoms with Crippen molar-refractivity contribution >= 4 is 5.91 Å². The fraction of sp³-hybridized carbons (Fsp3) is 0.588. The molecule has 1 fully saturated rings. The second-order valence-electron chi connectivity index (χ2n) is 5.65.